The third-order valence-electron chi connectivity index (χ3n) is 5.90. The number of hydrogen-bond donors (Lipinski definition) is 3. The van der Waals surface area contributed by atoms with Gasteiger partial charge in [0.1, 0.15) is 23.6 Å². The number of amides is 1. The van der Waals surface area contributed by atoms with Crippen LogP contribution in [-0.2, 0) is 22.5 Å². The maximum atomic E-state index is 13.7. The second kappa shape index (κ2) is 9.31. The van der Waals surface area contributed by atoms with E-state index in [1.165, 1.54) is 30.0 Å². The van der Waals surface area contributed by atoms with Crippen LogP contribution in [0.4, 0.5) is 9.18 Å². The summed E-state index contributed by atoms with van der Waals surface area (Å²) in [4.78, 5) is 18.3. The van der Waals surface area contributed by atoms with Gasteiger partial charge in [-0.2, -0.15) is 0 Å². The lowest BCUT2D eigenvalue weighted by molar-refractivity contribution is -0.0951. The number of benzene rings is 2. The lowest BCUT2D eigenvalue weighted by atomic mass is 9.84. The van der Waals surface area contributed by atoms with Crippen molar-refractivity contribution < 1.29 is 24.1 Å². The maximum absolute atomic E-state index is 13.7. The van der Waals surface area contributed by atoms with Crippen molar-refractivity contribution in [1.82, 2.24) is 9.88 Å². The van der Waals surface area contributed by atoms with E-state index in [4.69, 9.17) is 22.1 Å². The van der Waals surface area contributed by atoms with Crippen LogP contribution in [0.15, 0.2) is 60.7 Å². The van der Waals surface area contributed by atoms with Crippen molar-refractivity contribution in [1.29, 1.82) is 0 Å². The molecule has 1 aliphatic rings. The second-order valence-corrected chi connectivity index (χ2v) is 9.07. The SMILES string of the molecule is CC(O)(CN)c1cc(C2(O)CN(C(=O)OCc3ccccc3)C2)cc(-c2ccc(F)c(Cl)c2)n1. The fraction of sp³-hybridized carbons (Fsp3) is 0.280. The molecule has 9 heteroatoms. The zero-order valence-corrected chi connectivity index (χ0v) is 19.3. The molecule has 0 spiro atoms. The molecule has 1 aliphatic heterocycles. The summed E-state index contributed by atoms with van der Waals surface area (Å²) < 4.78 is 19.0. The maximum Gasteiger partial charge on any atom is 0.410 e. The molecule has 34 heavy (non-hydrogen) atoms. The number of ether oxygens (including phenoxy) is 1. The Morgan fingerprint density at radius 3 is 2.59 bits per heavy atom. The molecule has 1 amide bonds. The predicted molar refractivity (Wildman–Crippen MR) is 125 cm³/mol. The van der Waals surface area contributed by atoms with Crippen LogP contribution in [0.5, 0.6) is 0 Å². The molecule has 0 aliphatic carbocycles. The predicted octanol–water partition coefficient (Wildman–Crippen LogP) is 3.55. The highest BCUT2D eigenvalue weighted by atomic mass is 35.5. The number of hydrogen-bond acceptors (Lipinski definition) is 6. The molecule has 0 bridgehead atoms. The summed E-state index contributed by atoms with van der Waals surface area (Å²) in [6.45, 7) is 1.53. The van der Waals surface area contributed by atoms with Gasteiger partial charge in [0, 0.05) is 12.1 Å². The first kappa shape index (κ1) is 24.1. The van der Waals surface area contributed by atoms with E-state index in [1.54, 1.807) is 12.1 Å². The van der Waals surface area contributed by atoms with Crippen molar-refractivity contribution in [2.75, 3.05) is 19.6 Å². The number of rotatable bonds is 6. The van der Waals surface area contributed by atoms with E-state index < -0.39 is 23.1 Å². The summed E-state index contributed by atoms with van der Waals surface area (Å²) in [6, 6.07) is 16.6. The fourth-order valence-electron chi connectivity index (χ4n) is 3.69. The van der Waals surface area contributed by atoms with Crippen molar-refractivity contribution in [3.8, 4) is 11.3 Å². The van der Waals surface area contributed by atoms with Crippen LogP contribution in [0.2, 0.25) is 5.02 Å². The van der Waals surface area contributed by atoms with Crippen LogP contribution in [0.3, 0.4) is 0 Å². The first-order chi connectivity index (χ1) is 16.1. The number of aliphatic hydroxyl groups is 2. The third-order valence-corrected chi connectivity index (χ3v) is 6.19. The Morgan fingerprint density at radius 2 is 1.94 bits per heavy atom. The molecule has 4 N–H and O–H groups in total. The van der Waals surface area contributed by atoms with Gasteiger partial charge in [-0.3, -0.25) is 0 Å². The molecule has 1 unspecified atom stereocenters. The van der Waals surface area contributed by atoms with E-state index in [0.29, 0.717) is 16.8 Å². The smallest absolute Gasteiger partial charge is 0.410 e. The van der Waals surface area contributed by atoms with Gasteiger partial charge in [-0.15, -0.1) is 0 Å². The minimum absolute atomic E-state index is 0.00153. The minimum Gasteiger partial charge on any atom is -0.445 e. The van der Waals surface area contributed by atoms with Gasteiger partial charge in [0.2, 0.25) is 0 Å². The Labute approximate surface area is 201 Å². The number of nitrogens with two attached hydrogens (primary N) is 1. The minimum atomic E-state index is -1.47. The monoisotopic (exact) mass is 485 g/mol. The normalized spacial score (nSPS) is 16.5. The summed E-state index contributed by atoms with van der Waals surface area (Å²) >= 11 is 5.94. The van der Waals surface area contributed by atoms with E-state index >= 15 is 0 Å². The Bertz CT molecular complexity index is 1200. The van der Waals surface area contributed by atoms with Crippen LogP contribution >= 0.6 is 11.6 Å². The summed E-state index contributed by atoms with van der Waals surface area (Å²) in [5.74, 6) is -0.571. The molecule has 0 radical (unpaired) electrons. The molecule has 3 aromatic rings. The van der Waals surface area contributed by atoms with Crippen LogP contribution < -0.4 is 5.73 Å². The quantitative estimate of drug-likeness (QED) is 0.492. The highest BCUT2D eigenvalue weighted by Gasteiger charge is 2.46. The Morgan fingerprint density at radius 1 is 1.24 bits per heavy atom. The summed E-state index contributed by atoms with van der Waals surface area (Å²) in [6.07, 6.45) is -0.540. The average Bonchev–Trinajstić information content (AvgIpc) is 2.82. The number of carbonyl (C=O) groups excluding carboxylic acids is 1. The van der Waals surface area contributed by atoms with Crippen molar-refractivity contribution in [2.24, 2.45) is 5.73 Å². The second-order valence-electron chi connectivity index (χ2n) is 8.66. The molecular formula is C25H25ClFN3O4. The van der Waals surface area contributed by atoms with E-state index in [-0.39, 0.29) is 37.0 Å². The molecule has 1 saturated heterocycles. The fourth-order valence-corrected chi connectivity index (χ4v) is 3.87. The Kier molecular flexibility index (Phi) is 6.60. The summed E-state index contributed by atoms with van der Waals surface area (Å²) in [7, 11) is 0. The first-order valence-electron chi connectivity index (χ1n) is 10.7. The average molecular weight is 486 g/mol. The van der Waals surface area contributed by atoms with E-state index in [9.17, 15) is 19.4 Å². The van der Waals surface area contributed by atoms with Gasteiger partial charge in [-0.1, -0.05) is 41.9 Å². The molecule has 1 aromatic heterocycles. The molecular weight excluding hydrogens is 461 g/mol. The van der Waals surface area contributed by atoms with E-state index in [2.05, 4.69) is 4.98 Å². The number of β-amino-alcohol motifs (C(OH)–C–C–N with tert-alkyl or cyclic N) is 1. The molecule has 178 valence electrons. The van der Waals surface area contributed by atoms with Gasteiger partial charge in [0.05, 0.1) is 29.5 Å². The molecule has 2 heterocycles. The highest BCUT2D eigenvalue weighted by Crippen LogP contribution is 2.36. The van der Waals surface area contributed by atoms with Crippen molar-refractivity contribution in [2.45, 2.75) is 24.7 Å². The lowest BCUT2D eigenvalue weighted by Gasteiger charge is -2.46. The van der Waals surface area contributed by atoms with Gasteiger partial charge >= 0.3 is 6.09 Å². The van der Waals surface area contributed by atoms with Crippen LogP contribution in [0.25, 0.3) is 11.3 Å². The zero-order chi connectivity index (χ0) is 24.5. The molecule has 4 rings (SSSR count). The van der Waals surface area contributed by atoms with Gasteiger partial charge in [-0.05, 0) is 48.4 Å². The van der Waals surface area contributed by atoms with Gasteiger partial charge < -0.3 is 25.6 Å². The van der Waals surface area contributed by atoms with Crippen LogP contribution in [0, 0.1) is 5.82 Å². The largest absolute Gasteiger partial charge is 0.445 e. The third kappa shape index (κ3) is 4.90. The lowest BCUT2D eigenvalue weighted by Crippen LogP contribution is -2.61. The standard InChI is InChI=1S/C25H25ClFN3O4/c1-24(32,13-28)22-11-18(10-21(29-22)17-7-8-20(27)19(26)9-17)25(33)14-30(15-25)23(31)34-12-16-5-3-2-4-6-16/h2-11,32-33H,12-15,28H2,1H3. The van der Waals surface area contributed by atoms with E-state index in [0.717, 1.165) is 5.56 Å². The van der Waals surface area contributed by atoms with Crippen molar-refractivity contribution >= 4 is 17.7 Å². The van der Waals surface area contributed by atoms with Crippen molar-refractivity contribution in [3.63, 3.8) is 0 Å². The number of carbonyl (C=O) groups is 1. The molecule has 1 fully saturated rings. The molecule has 1 atom stereocenters. The first-order valence-corrected chi connectivity index (χ1v) is 11.1. The van der Waals surface area contributed by atoms with Crippen LogP contribution in [-0.4, -0.2) is 45.8 Å². The Hall–Kier alpha value is -3.04. The van der Waals surface area contributed by atoms with Gasteiger partial charge in [0.25, 0.3) is 0 Å². The molecule has 2 aromatic carbocycles. The summed E-state index contributed by atoms with van der Waals surface area (Å²) in [5.41, 5.74) is 5.29. The number of pyridine rings is 1. The zero-order valence-electron chi connectivity index (χ0n) is 18.5. The Balaban J connectivity index is 1.57. The van der Waals surface area contributed by atoms with E-state index in [1.807, 2.05) is 30.3 Å². The number of nitrogens with zero attached hydrogens (tertiary/aromatic N) is 2. The molecule has 7 nitrogen and oxygen atoms in total. The topological polar surface area (TPSA) is 109 Å². The number of likely N-dealkylation sites (tertiary alicyclic amines) is 1. The summed E-state index contributed by atoms with van der Waals surface area (Å²) in [5, 5.41) is 21.9. The number of halogens is 2. The number of aromatic nitrogens is 1. The van der Waals surface area contributed by atoms with Gasteiger partial charge in [-0.25, -0.2) is 14.2 Å². The van der Waals surface area contributed by atoms with Crippen LogP contribution in [0.1, 0.15) is 23.7 Å². The van der Waals surface area contributed by atoms with Crippen molar-refractivity contribution in [3.05, 3.63) is 88.3 Å². The highest BCUT2D eigenvalue weighted by molar-refractivity contribution is 6.31. The van der Waals surface area contributed by atoms with Gasteiger partial charge in [0.15, 0.2) is 0 Å². The molecule has 0 saturated carbocycles.